The molecule has 3 aromatic rings. The van der Waals surface area contributed by atoms with Gasteiger partial charge in [0.05, 0.1) is 12.6 Å². The first-order chi connectivity index (χ1) is 12.5. The minimum atomic E-state index is -0.278. The molecule has 0 fully saturated rings. The smallest absolute Gasteiger partial charge is 0.251 e. The minimum Gasteiger partial charge on any atom is -0.348 e. The van der Waals surface area contributed by atoms with Crippen LogP contribution in [0.2, 0.25) is 0 Å². The van der Waals surface area contributed by atoms with E-state index < -0.39 is 0 Å². The third-order valence-corrected chi connectivity index (χ3v) is 4.66. The zero-order valence-electron chi connectivity index (χ0n) is 14.3. The van der Waals surface area contributed by atoms with Crippen LogP contribution >= 0.6 is 15.9 Å². The van der Waals surface area contributed by atoms with Gasteiger partial charge in [-0.3, -0.25) is 9.59 Å². The van der Waals surface area contributed by atoms with Crippen LogP contribution in [0.25, 0.3) is 10.8 Å². The quantitative estimate of drug-likeness (QED) is 0.661. The summed E-state index contributed by atoms with van der Waals surface area (Å²) >= 11 is 3.33. The summed E-state index contributed by atoms with van der Waals surface area (Å²) in [5, 5.41) is 7.84. The fourth-order valence-electron chi connectivity index (χ4n) is 2.89. The number of fused-ring (bicyclic) bond motifs is 1. The Bertz CT molecular complexity index is 950. The molecule has 0 unspecified atom stereocenters. The lowest BCUT2D eigenvalue weighted by atomic mass is 10.00. The summed E-state index contributed by atoms with van der Waals surface area (Å²) in [5.41, 5.74) is 1.56. The van der Waals surface area contributed by atoms with Crippen LogP contribution in [-0.2, 0) is 4.79 Å². The van der Waals surface area contributed by atoms with Gasteiger partial charge in [0, 0.05) is 10.0 Å². The van der Waals surface area contributed by atoms with Crippen molar-refractivity contribution in [3.8, 4) is 0 Å². The van der Waals surface area contributed by atoms with Crippen molar-refractivity contribution in [3.63, 3.8) is 0 Å². The molecule has 0 bridgehead atoms. The average Bonchev–Trinajstić information content (AvgIpc) is 2.65. The molecule has 0 aliphatic carbocycles. The first kappa shape index (κ1) is 18.1. The van der Waals surface area contributed by atoms with Gasteiger partial charge in [-0.2, -0.15) is 0 Å². The Labute approximate surface area is 160 Å². The highest BCUT2D eigenvalue weighted by atomic mass is 79.9. The molecule has 0 aliphatic rings. The first-order valence-electron chi connectivity index (χ1n) is 8.35. The molecule has 5 heteroatoms. The summed E-state index contributed by atoms with van der Waals surface area (Å²) in [6.45, 7) is 1.87. The fourth-order valence-corrected chi connectivity index (χ4v) is 3.29. The van der Waals surface area contributed by atoms with Gasteiger partial charge in [-0.05, 0) is 41.5 Å². The number of benzene rings is 3. The highest BCUT2D eigenvalue weighted by molar-refractivity contribution is 9.10. The van der Waals surface area contributed by atoms with E-state index in [0.717, 1.165) is 20.8 Å². The molecule has 0 saturated carbocycles. The van der Waals surface area contributed by atoms with Crippen molar-refractivity contribution in [2.45, 2.75) is 13.0 Å². The van der Waals surface area contributed by atoms with Crippen molar-refractivity contribution in [2.75, 3.05) is 6.54 Å². The molecule has 0 saturated heterocycles. The Hall–Kier alpha value is -2.66. The molecule has 2 amide bonds. The lowest BCUT2D eigenvalue weighted by Crippen LogP contribution is -2.38. The monoisotopic (exact) mass is 410 g/mol. The van der Waals surface area contributed by atoms with Gasteiger partial charge in [0.2, 0.25) is 5.91 Å². The third-order valence-electron chi connectivity index (χ3n) is 4.16. The molecule has 3 rings (SSSR count). The van der Waals surface area contributed by atoms with E-state index in [1.165, 1.54) is 0 Å². The summed E-state index contributed by atoms with van der Waals surface area (Å²) in [7, 11) is 0. The van der Waals surface area contributed by atoms with Gasteiger partial charge in [-0.1, -0.05) is 64.5 Å². The fraction of sp³-hybridized carbons (Fsp3) is 0.143. The predicted octanol–water partition coefficient (Wildman–Crippen LogP) is 4.21. The van der Waals surface area contributed by atoms with Crippen molar-refractivity contribution in [1.82, 2.24) is 10.6 Å². The molecule has 2 N–H and O–H groups in total. The minimum absolute atomic E-state index is 0.0690. The van der Waals surface area contributed by atoms with Crippen LogP contribution in [0.3, 0.4) is 0 Å². The number of carbonyl (C=O) groups excluding carboxylic acids is 2. The topological polar surface area (TPSA) is 58.2 Å². The van der Waals surface area contributed by atoms with Crippen molar-refractivity contribution in [2.24, 2.45) is 0 Å². The number of hydrogen-bond acceptors (Lipinski definition) is 2. The summed E-state index contributed by atoms with van der Waals surface area (Å²) in [4.78, 5) is 24.4. The second-order valence-corrected chi connectivity index (χ2v) is 6.97. The van der Waals surface area contributed by atoms with E-state index in [4.69, 9.17) is 0 Å². The van der Waals surface area contributed by atoms with E-state index in [1.54, 1.807) is 18.2 Å². The molecule has 3 aromatic carbocycles. The third kappa shape index (κ3) is 4.29. The van der Waals surface area contributed by atoms with Gasteiger partial charge in [0.1, 0.15) is 0 Å². The van der Waals surface area contributed by atoms with Crippen LogP contribution in [0, 0.1) is 0 Å². The highest BCUT2D eigenvalue weighted by Crippen LogP contribution is 2.23. The van der Waals surface area contributed by atoms with E-state index in [2.05, 4.69) is 26.6 Å². The van der Waals surface area contributed by atoms with Crippen LogP contribution in [0.4, 0.5) is 0 Å². The number of halogens is 1. The molecular weight excluding hydrogens is 392 g/mol. The van der Waals surface area contributed by atoms with E-state index in [9.17, 15) is 9.59 Å². The summed E-state index contributed by atoms with van der Waals surface area (Å²) < 4.78 is 0.819. The molecule has 1 atom stereocenters. The molecule has 0 aliphatic heterocycles. The lowest BCUT2D eigenvalue weighted by Gasteiger charge is -2.17. The average molecular weight is 411 g/mol. The van der Waals surface area contributed by atoms with Gasteiger partial charge in [0.15, 0.2) is 0 Å². The largest absolute Gasteiger partial charge is 0.348 e. The van der Waals surface area contributed by atoms with E-state index >= 15 is 0 Å². The molecule has 0 spiro atoms. The van der Waals surface area contributed by atoms with E-state index in [0.29, 0.717) is 5.56 Å². The van der Waals surface area contributed by atoms with Crippen molar-refractivity contribution < 1.29 is 9.59 Å². The van der Waals surface area contributed by atoms with Crippen LogP contribution in [0.15, 0.2) is 71.2 Å². The first-order valence-corrected chi connectivity index (χ1v) is 9.14. The molecule has 0 radical (unpaired) electrons. The van der Waals surface area contributed by atoms with Crippen molar-refractivity contribution in [3.05, 3.63) is 82.3 Å². The molecular formula is C21H19BrN2O2. The number of amides is 2. The van der Waals surface area contributed by atoms with Gasteiger partial charge < -0.3 is 10.6 Å². The Morgan fingerprint density at radius 2 is 1.73 bits per heavy atom. The Morgan fingerprint density at radius 1 is 1.00 bits per heavy atom. The zero-order chi connectivity index (χ0) is 18.5. The number of hydrogen-bond donors (Lipinski definition) is 2. The summed E-state index contributed by atoms with van der Waals surface area (Å²) in [6, 6.07) is 21.0. The summed E-state index contributed by atoms with van der Waals surface area (Å²) in [6.07, 6.45) is 0. The van der Waals surface area contributed by atoms with Crippen LogP contribution in [-0.4, -0.2) is 18.4 Å². The Balaban J connectivity index is 1.61. The van der Waals surface area contributed by atoms with Crippen LogP contribution < -0.4 is 10.6 Å². The maximum Gasteiger partial charge on any atom is 0.251 e. The number of carbonyl (C=O) groups is 2. The maximum absolute atomic E-state index is 12.2. The second-order valence-electron chi connectivity index (χ2n) is 6.05. The standard InChI is InChI=1S/C21H19BrN2O2/c1-14(18-11-5-7-15-6-2-3-10-19(15)18)24-20(25)13-23-21(26)16-8-4-9-17(22)12-16/h2-12,14H,13H2,1H3,(H,23,26)(H,24,25)/t14-/m1/s1. The molecule has 4 nitrogen and oxygen atoms in total. The van der Waals surface area contributed by atoms with Crippen molar-refractivity contribution in [1.29, 1.82) is 0 Å². The van der Waals surface area contributed by atoms with Gasteiger partial charge in [0.25, 0.3) is 5.91 Å². The van der Waals surface area contributed by atoms with E-state index in [-0.39, 0.29) is 24.4 Å². The summed E-state index contributed by atoms with van der Waals surface area (Å²) in [5.74, 6) is -0.506. The van der Waals surface area contributed by atoms with E-state index in [1.807, 2.05) is 55.5 Å². The maximum atomic E-state index is 12.2. The molecule has 132 valence electrons. The van der Waals surface area contributed by atoms with Crippen molar-refractivity contribution >= 4 is 38.5 Å². The molecule has 26 heavy (non-hydrogen) atoms. The van der Waals surface area contributed by atoms with Gasteiger partial charge in [-0.15, -0.1) is 0 Å². The van der Waals surface area contributed by atoms with Gasteiger partial charge in [-0.25, -0.2) is 0 Å². The number of rotatable bonds is 5. The Kier molecular flexibility index (Phi) is 5.68. The zero-order valence-corrected chi connectivity index (χ0v) is 15.9. The van der Waals surface area contributed by atoms with Crippen LogP contribution in [0.1, 0.15) is 28.9 Å². The normalized spacial score (nSPS) is 11.8. The highest BCUT2D eigenvalue weighted by Gasteiger charge is 2.13. The predicted molar refractivity (Wildman–Crippen MR) is 107 cm³/mol. The molecule has 0 heterocycles. The number of nitrogens with one attached hydrogen (secondary N) is 2. The molecule has 0 aromatic heterocycles. The second kappa shape index (κ2) is 8.15. The Morgan fingerprint density at radius 3 is 2.54 bits per heavy atom. The lowest BCUT2D eigenvalue weighted by molar-refractivity contribution is -0.120. The SMILES string of the molecule is C[C@@H](NC(=O)CNC(=O)c1cccc(Br)c1)c1cccc2ccccc12. The van der Waals surface area contributed by atoms with Crippen LogP contribution in [0.5, 0.6) is 0 Å². The van der Waals surface area contributed by atoms with Gasteiger partial charge >= 0.3 is 0 Å².